The van der Waals surface area contributed by atoms with Gasteiger partial charge < -0.3 is 4.74 Å². The minimum absolute atomic E-state index is 0.304. The first kappa shape index (κ1) is 16.3. The summed E-state index contributed by atoms with van der Waals surface area (Å²) in [6.45, 7) is 0.871. The Bertz CT molecular complexity index is 801. The Hall–Kier alpha value is -2.18. The number of rotatable bonds is 5. The van der Waals surface area contributed by atoms with Crippen molar-refractivity contribution in [1.82, 2.24) is 19.7 Å². The second kappa shape index (κ2) is 7.80. The number of hydrogen-bond acceptors (Lipinski definition) is 5. The molecule has 5 nitrogen and oxygen atoms in total. The standard InChI is InChI=1S/C19H20N4OS/c1-2-8-15(9-3-1)23-18(17-11-4-6-12-20-17)21-22-19(23)25-14-16-10-5-7-13-24-16/h1-4,6,8-9,11-12,16H,5,7,10,13-14H2. The summed E-state index contributed by atoms with van der Waals surface area (Å²) in [7, 11) is 0. The van der Waals surface area contributed by atoms with Gasteiger partial charge in [0.05, 0.1) is 6.10 Å². The van der Waals surface area contributed by atoms with Crippen molar-refractivity contribution in [3.8, 4) is 17.2 Å². The molecule has 3 aromatic rings. The van der Waals surface area contributed by atoms with Crippen molar-refractivity contribution >= 4 is 11.8 Å². The molecule has 25 heavy (non-hydrogen) atoms. The Morgan fingerprint density at radius 1 is 1.04 bits per heavy atom. The summed E-state index contributed by atoms with van der Waals surface area (Å²) in [5.41, 5.74) is 1.86. The third-order valence-corrected chi connectivity index (χ3v) is 5.27. The lowest BCUT2D eigenvalue weighted by atomic mass is 10.1. The third kappa shape index (κ3) is 3.75. The summed E-state index contributed by atoms with van der Waals surface area (Å²) in [5, 5.41) is 9.72. The molecule has 0 amide bonds. The highest BCUT2D eigenvalue weighted by molar-refractivity contribution is 7.99. The van der Waals surface area contributed by atoms with Crippen LogP contribution in [0.15, 0.2) is 59.9 Å². The van der Waals surface area contributed by atoms with Crippen molar-refractivity contribution in [2.75, 3.05) is 12.4 Å². The van der Waals surface area contributed by atoms with Gasteiger partial charge in [0.15, 0.2) is 11.0 Å². The van der Waals surface area contributed by atoms with E-state index in [4.69, 9.17) is 4.74 Å². The normalized spacial score (nSPS) is 17.5. The van der Waals surface area contributed by atoms with Crippen LogP contribution < -0.4 is 0 Å². The van der Waals surface area contributed by atoms with E-state index in [0.717, 1.165) is 41.1 Å². The monoisotopic (exact) mass is 352 g/mol. The van der Waals surface area contributed by atoms with Gasteiger partial charge >= 0.3 is 0 Å². The first-order valence-electron chi connectivity index (χ1n) is 8.58. The zero-order valence-electron chi connectivity index (χ0n) is 13.9. The summed E-state index contributed by atoms with van der Waals surface area (Å²) in [4.78, 5) is 4.44. The maximum atomic E-state index is 5.85. The Kier molecular flexibility index (Phi) is 5.09. The van der Waals surface area contributed by atoms with Gasteiger partial charge in [-0.25, -0.2) is 0 Å². The highest BCUT2D eigenvalue weighted by Crippen LogP contribution is 2.28. The van der Waals surface area contributed by atoms with E-state index in [2.05, 4.69) is 31.9 Å². The average molecular weight is 352 g/mol. The largest absolute Gasteiger partial charge is 0.377 e. The number of thioether (sulfide) groups is 1. The Morgan fingerprint density at radius 3 is 2.68 bits per heavy atom. The van der Waals surface area contributed by atoms with Gasteiger partial charge in [-0.15, -0.1) is 10.2 Å². The third-order valence-electron chi connectivity index (χ3n) is 4.21. The molecular formula is C19H20N4OS. The van der Waals surface area contributed by atoms with E-state index >= 15 is 0 Å². The number of nitrogens with zero attached hydrogens (tertiary/aromatic N) is 4. The summed E-state index contributed by atoms with van der Waals surface area (Å²) in [6, 6.07) is 16.0. The van der Waals surface area contributed by atoms with Gasteiger partial charge in [0.25, 0.3) is 0 Å². The van der Waals surface area contributed by atoms with Crippen molar-refractivity contribution < 1.29 is 4.74 Å². The number of ether oxygens (including phenoxy) is 1. The molecular weight excluding hydrogens is 332 g/mol. The van der Waals surface area contributed by atoms with E-state index in [1.807, 2.05) is 36.4 Å². The van der Waals surface area contributed by atoms with E-state index in [1.165, 1.54) is 12.8 Å². The molecule has 4 rings (SSSR count). The number of aromatic nitrogens is 4. The highest BCUT2D eigenvalue weighted by Gasteiger charge is 2.20. The topological polar surface area (TPSA) is 52.8 Å². The molecule has 1 fully saturated rings. The van der Waals surface area contributed by atoms with Crippen molar-refractivity contribution in [3.05, 3.63) is 54.7 Å². The summed E-state index contributed by atoms with van der Waals surface area (Å²) in [6.07, 6.45) is 5.63. The predicted octanol–water partition coefficient (Wildman–Crippen LogP) is 3.99. The van der Waals surface area contributed by atoms with Crippen LogP contribution in [0.3, 0.4) is 0 Å². The molecule has 0 N–H and O–H groups in total. The lowest BCUT2D eigenvalue weighted by Crippen LogP contribution is -2.21. The van der Waals surface area contributed by atoms with Crippen LogP contribution in [0.25, 0.3) is 17.2 Å². The molecule has 2 aromatic heterocycles. The molecule has 1 atom stereocenters. The fourth-order valence-corrected chi connectivity index (χ4v) is 3.96. The average Bonchev–Trinajstić information content (AvgIpc) is 3.12. The van der Waals surface area contributed by atoms with Gasteiger partial charge in [-0.2, -0.15) is 0 Å². The Balaban J connectivity index is 1.65. The molecule has 0 spiro atoms. The van der Waals surface area contributed by atoms with Crippen LogP contribution >= 0.6 is 11.8 Å². The van der Waals surface area contributed by atoms with Crippen molar-refractivity contribution in [2.45, 2.75) is 30.5 Å². The van der Waals surface area contributed by atoms with Crippen LogP contribution in [-0.4, -0.2) is 38.2 Å². The number of hydrogen-bond donors (Lipinski definition) is 0. The molecule has 1 saturated heterocycles. The first-order valence-corrected chi connectivity index (χ1v) is 9.57. The zero-order chi connectivity index (χ0) is 16.9. The Labute approximate surface area is 151 Å². The SMILES string of the molecule is c1ccc(-n2c(SCC3CCCCO3)nnc2-c2ccccn2)cc1. The molecule has 1 aliphatic rings. The lowest BCUT2D eigenvalue weighted by Gasteiger charge is -2.21. The molecule has 1 unspecified atom stereocenters. The molecule has 0 bridgehead atoms. The van der Waals surface area contributed by atoms with Crippen molar-refractivity contribution in [3.63, 3.8) is 0 Å². The van der Waals surface area contributed by atoms with Gasteiger partial charge in [-0.05, 0) is 43.5 Å². The molecule has 0 radical (unpaired) electrons. The lowest BCUT2D eigenvalue weighted by molar-refractivity contribution is 0.0315. The fraction of sp³-hybridized carbons (Fsp3) is 0.316. The quantitative estimate of drug-likeness (QED) is 0.650. The summed E-state index contributed by atoms with van der Waals surface area (Å²) < 4.78 is 7.93. The molecule has 6 heteroatoms. The van der Waals surface area contributed by atoms with E-state index in [9.17, 15) is 0 Å². The molecule has 1 aromatic carbocycles. The van der Waals surface area contributed by atoms with Gasteiger partial charge in [0.2, 0.25) is 0 Å². The smallest absolute Gasteiger partial charge is 0.196 e. The molecule has 0 saturated carbocycles. The number of pyridine rings is 1. The first-order chi connectivity index (χ1) is 12.4. The maximum Gasteiger partial charge on any atom is 0.196 e. The predicted molar refractivity (Wildman–Crippen MR) is 98.9 cm³/mol. The Morgan fingerprint density at radius 2 is 1.92 bits per heavy atom. The number of benzene rings is 1. The van der Waals surface area contributed by atoms with Crippen LogP contribution in [0.1, 0.15) is 19.3 Å². The van der Waals surface area contributed by atoms with Crippen molar-refractivity contribution in [2.24, 2.45) is 0 Å². The second-order valence-electron chi connectivity index (χ2n) is 5.99. The molecule has 128 valence electrons. The molecule has 0 aliphatic carbocycles. The van der Waals surface area contributed by atoms with E-state index in [0.29, 0.717) is 6.10 Å². The van der Waals surface area contributed by atoms with E-state index < -0.39 is 0 Å². The van der Waals surface area contributed by atoms with E-state index in [1.54, 1.807) is 18.0 Å². The number of para-hydroxylation sites is 1. The molecule has 1 aliphatic heterocycles. The zero-order valence-corrected chi connectivity index (χ0v) is 14.7. The van der Waals surface area contributed by atoms with Gasteiger partial charge in [-0.1, -0.05) is 36.0 Å². The minimum atomic E-state index is 0.304. The van der Waals surface area contributed by atoms with Crippen LogP contribution in [0.5, 0.6) is 0 Å². The summed E-state index contributed by atoms with van der Waals surface area (Å²) in [5.74, 6) is 1.66. The maximum absolute atomic E-state index is 5.85. The minimum Gasteiger partial charge on any atom is -0.377 e. The van der Waals surface area contributed by atoms with Crippen LogP contribution in [-0.2, 0) is 4.74 Å². The van der Waals surface area contributed by atoms with Gasteiger partial charge in [-0.3, -0.25) is 9.55 Å². The highest BCUT2D eigenvalue weighted by atomic mass is 32.2. The van der Waals surface area contributed by atoms with Crippen LogP contribution in [0, 0.1) is 0 Å². The van der Waals surface area contributed by atoms with E-state index in [-0.39, 0.29) is 0 Å². The second-order valence-corrected chi connectivity index (χ2v) is 6.98. The van der Waals surface area contributed by atoms with Crippen molar-refractivity contribution in [1.29, 1.82) is 0 Å². The van der Waals surface area contributed by atoms with Crippen LogP contribution in [0.2, 0.25) is 0 Å². The van der Waals surface area contributed by atoms with Gasteiger partial charge in [0, 0.05) is 24.2 Å². The summed E-state index contributed by atoms with van der Waals surface area (Å²) >= 11 is 1.70. The fourth-order valence-electron chi connectivity index (χ4n) is 2.94. The van der Waals surface area contributed by atoms with Gasteiger partial charge in [0.1, 0.15) is 5.69 Å². The van der Waals surface area contributed by atoms with Crippen LogP contribution in [0.4, 0.5) is 0 Å². The molecule has 3 heterocycles.